The maximum atomic E-state index is 12.3. The summed E-state index contributed by atoms with van der Waals surface area (Å²) in [6.45, 7) is 2.31. The number of likely N-dealkylation sites (tertiary alicyclic amines) is 1. The third kappa shape index (κ3) is 3.92. The highest BCUT2D eigenvalue weighted by Gasteiger charge is 2.29. The maximum Gasteiger partial charge on any atom is 0.220 e. The first-order valence-corrected chi connectivity index (χ1v) is 7.52. The zero-order chi connectivity index (χ0) is 14.4. The highest BCUT2D eigenvalue weighted by molar-refractivity contribution is 5.88. The van der Waals surface area contributed by atoms with Gasteiger partial charge in [0.15, 0.2) is 5.78 Å². The van der Waals surface area contributed by atoms with Crippen LogP contribution in [0.3, 0.4) is 0 Å². The lowest BCUT2D eigenvalue weighted by Crippen LogP contribution is -2.47. The monoisotopic (exact) mass is 273 g/mol. The third-order valence-electron chi connectivity index (χ3n) is 4.01. The number of benzene rings is 1. The molecule has 0 spiro atoms. The van der Waals surface area contributed by atoms with Crippen molar-refractivity contribution >= 4 is 11.7 Å². The van der Waals surface area contributed by atoms with E-state index in [1.54, 1.807) is 11.8 Å². The Bertz CT molecular complexity index is 455. The van der Waals surface area contributed by atoms with E-state index in [1.807, 2.05) is 18.2 Å². The molecule has 0 bridgehead atoms. The van der Waals surface area contributed by atoms with Gasteiger partial charge in [-0.05, 0) is 37.7 Å². The average Bonchev–Trinajstić information content (AvgIpc) is 2.48. The Morgan fingerprint density at radius 2 is 1.95 bits per heavy atom. The van der Waals surface area contributed by atoms with E-state index in [4.69, 9.17) is 0 Å². The Morgan fingerprint density at radius 1 is 1.20 bits per heavy atom. The summed E-state index contributed by atoms with van der Waals surface area (Å²) in [6.07, 6.45) is 5.28. The number of hydrogen-bond donors (Lipinski definition) is 0. The van der Waals surface area contributed by atoms with Gasteiger partial charge in [-0.1, -0.05) is 30.3 Å². The van der Waals surface area contributed by atoms with Crippen molar-refractivity contribution in [3.05, 3.63) is 35.9 Å². The molecule has 1 aromatic rings. The zero-order valence-corrected chi connectivity index (χ0v) is 12.2. The Kier molecular flexibility index (Phi) is 5.33. The number of aryl methyl sites for hydroxylation is 1. The van der Waals surface area contributed by atoms with Gasteiger partial charge in [-0.3, -0.25) is 9.59 Å². The number of Topliss-reactive ketones (excluding diaryl/α,β-unsaturated/α-hetero) is 1. The van der Waals surface area contributed by atoms with Gasteiger partial charge in [0.1, 0.15) is 0 Å². The minimum Gasteiger partial charge on any atom is -0.333 e. The van der Waals surface area contributed by atoms with Gasteiger partial charge >= 0.3 is 0 Å². The van der Waals surface area contributed by atoms with Crippen LogP contribution in [0.5, 0.6) is 0 Å². The molecule has 0 aromatic heterocycles. The van der Waals surface area contributed by atoms with Crippen molar-refractivity contribution in [1.82, 2.24) is 4.90 Å². The summed E-state index contributed by atoms with van der Waals surface area (Å²) in [5.41, 5.74) is 1.27. The van der Waals surface area contributed by atoms with E-state index in [0.29, 0.717) is 6.42 Å². The summed E-state index contributed by atoms with van der Waals surface area (Å²) >= 11 is 0. The molecule has 20 heavy (non-hydrogen) atoms. The van der Waals surface area contributed by atoms with Crippen LogP contribution in [0.1, 0.15) is 44.6 Å². The predicted octanol–water partition coefficient (Wildman–Crippen LogP) is 2.98. The van der Waals surface area contributed by atoms with Crippen molar-refractivity contribution in [2.45, 2.75) is 51.5 Å². The van der Waals surface area contributed by atoms with E-state index >= 15 is 0 Å². The van der Waals surface area contributed by atoms with E-state index in [1.165, 1.54) is 5.56 Å². The van der Waals surface area contributed by atoms with Gasteiger partial charge in [0.2, 0.25) is 5.91 Å². The molecule has 3 heteroatoms. The molecule has 1 fully saturated rings. The molecule has 1 aromatic carbocycles. The van der Waals surface area contributed by atoms with Crippen molar-refractivity contribution in [2.24, 2.45) is 0 Å². The Labute approximate surface area is 121 Å². The fraction of sp³-hybridized carbons (Fsp3) is 0.529. The highest BCUT2D eigenvalue weighted by atomic mass is 16.2. The second kappa shape index (κ2) is 7.22. The van der Waals surface area contributed by atoms with Gasteiger partial charge < -0.3 is 4.90 Å². The van der Waals surface area contributed by atoms with Crippen molar-refractivity contribution in [3.8, 4) is 0 Å². The molecule has 1 amide bonds. The Balaban J connectivity index is 1.83. The van der Waals surface area contributed by atoms with Crippen molar-refractivity contribution in [3.63, 3.8) is 0 Å². The molecule has 1 aliphatic rings. The van der Waals surface area contributed by atoms with E-state index in [-0.39, 0.29) is 17.7 Å². The molecule has 2 rings (SSSR count). The lowest BCUT2D eigenvalue weighted by Gasteiger charge is -2.34. The fourth-order valence-corrected chi connectivity index (χ4v) is 2.92. The number of carbonyl (C=O) groups is 2. The molecule has 0 N–H and O–H groups in total. The number of rotatable bonds is 5. The van der Waals surface area contributed by atoms with Gasteiger partial charge in [0.25, 0.3) is 0 Å². The van der Waals surface area contributed by atoms with E-state index < -0.39 is 0 Å². The molecular weight excluding hydrogens is 250 g/mol. The molecule has 108 valence electrons. The number of carbonyl (C=O) groups excluding carboxylic acids is 2. The SMILES string of the molecule is CC(=O)N1CCCCC1C(=O)CCCc1ccccc1. The van der Waals surface area contributed by atoms with Crippen LogP contribution in [0, 0.1) is 0 Å². The highest BCUT2D eigenvalue weighted by Crippen LogP contribution is 2.20. The summed E-state index contributed by atoms with van der Waals surface area (Å²) in [5.74, 6) is 0.266. The van der Waals surface area contributed by atoms with Crippen LogP contribution in [0.25, 0.3) is 0 Å². The second-order valence-electron chi connectivity index (χ2n) is 5.53. The first-order chi connectivity index (χ1) is 9.68. The summed E-state index contributed by atoms with van der Waals surface area (Å²) in [4.78, 5) is 25.7. The van der Waals surface area contributed by atoms with Gasteiger partial charge in [0.05, 0.1) is 6.04 Å². The molecule has 1 atom stereocenters. The molecule has 0 radical (unpaired) electrons. The largest absolute Gasteiger partial charge is 0.333 e. The van der Waals surface area contributed by atoms with Crippen LogP contribution in [-0.2, 0) is 16.0 Å². The van der Waals surface area contributed by atoms with Crippen LogP contribution >= 0.6 is 0 Å². The van der Waals surface area contributed by atoms with E-state index in [0.717, 1.165) is 38.6 Å². The summed E-state index contributed by atoms with van der Waals surface area (Å²) < 4.78 is 0. The summed E-state index contributed by atoms with van der Waals surface area (Å²) in [6, 6.07) is 10.1. The van der Waals surface area contributed by atoms with E-state index in [9.17, 15) is 9.59 Å². The molecular formula is C17H23NO2. The van der Waals surface area contributed by atoms with Crippen molar-refractivity contribution < 1.29 is 9.59 Å². The summed E-state index contributed by atoms with van der Waals surface area (Å²) in [5, 5.41) is 0. The number of piperidine rings is 1. The smallest absolute Gasteiger partial charge is 0.220 e. The predicted molar refractivity (Wildman–Crippen MR) is 79.4 cm³/mol. The first kappa shape index (κ1) is 14.8. The Morgan fingerprint density at radius 3 is 2.65 bits per heavy atom. The van der Waals surface area contributed by atoms with Crippen LogP contribution < -0.4 is 0 Å². The van der Waals surface area contributed by atoms with Crippen LogP contribution in [0.4, 0.5) is 0 Å². The topological polar surface area (TPSA) is 37.4 Å². The quantitative estimate of drug-likeness (QED) is 0.827. The number of hydrogen-bond acceptors (Lipinski definition) is 2. The number of nitrogens with zero attached hydrogens (tertiary/aromatic N) is 1. The molecule has 1 unspecified atom stereocenters. The van der Waals surface area contributed by atoms with Gasteiger partial charge in [0, 0.05) is 19.9 Å². The number of ketones is 1. The van der Waals surface area contributed by atoms with E-state index in [2.05, 4.69) is 12.1 Å². The fourth-order valence-electron chi connectivity index (χ4n) is 2.92. The van der Waals surface area contributed by atoms with Gasteiger partial charge in [-0.2, -0.15) is 0 Å². The molecule has 0 saturated carbocycles. The lowest BCUT2D eigenvalue weighted by atomic mass is 9.95. The Hall–Kier alpha value is -1.64. The molecule has 3 nitrogen and oxygen atoms in total. The van der Waals surface area contributed by atoms with Gasteiger partial charge in [-0.15, -0.1) is 0 Å². The summed E-state index contributed by atoms with van der Waals surface area (Å²) in [7, 11) is 0. The maximum absolute atomic E-state index is 12.3. The minimum absolute atomic E-state index is 0.0334. The zero-order valence-electron chi connectivity index (χ0n) is 12.2. The standard InChI is InChI=1S/C17H23NO2/c1-14(19)18-13-6-5-11-16(18)17(20)12-7-10-15-8-3-2-4-9-15/h2-4,8-9,16H,5-7,10-13H2,1H3. The van der Waals surface area contributed by atoms with Crippen molar-refractivity contribution in [2.75, 3.05) is 6.54 Å². The van der Waals surface area contributed by atoms with Gasteiger partial charge in [-0.25, -0.2) is 0 Å². The first-order valence-electron chi connectivity index (χ1n) is 7.52. The average molecular weight is 273 g/mol. The van der Waals surface area contributed by atoms with Crippen LogP contribution in [0.2, 0.25) is 0 Å². The third-order valence-corrected chi connectivity index (χ3v) is 4.01. The van der Waals surface area contributed by atoms with Crippen molar-refractivity contribution in [1.29, 1.82) is 0 Å². The molecule has 1 heterocycles. The van der Waals surface area contributed by atoms with Crippen LogP contribution in [0.15, 0.2) is 30.3 Å². The second-order valence-corrected chi connectivity index (χ2v) is 5.53. The molecule has 1 aliphatic heterocycles. The lowest BCUT2D eigenvalue weighted by molar-refractivity contribution is -0.139. The molecule has 0 aliphatic carbocycles. The minimum atomic E-state index is -0.169. The van der Waals surface area contributed by atoms with Crippen LogP contribution in [-0.4, -0.2) is 29.2 Å². The number of amides is 1. The normalized spacial score (nSPS) is 18.9. The molecule has 1 saturated heterocycles.